The third kappa shape index (κ3) is 5.48. The Kier molecular flexibility index (Phi) is 6.13. The minimum absolute atomic E-state index is 0.0952. The van der Waals surface area contributed by atoms with Crippen LogP contribution in [0.2, 0.25) is 0 Å². The lowest BCUT2D eigenvalue weighted by Crippen LogP contribution is -2.40. The number of halogens is 3. The molecular formula is C19H19F3N2O4S. The predicted octanol–water partition coefficient (Wildman–Crippen LogP) is 3.42. The minimum atomic E-state index is -4.58. The van der Waals surface area contributed by atoms with E-state index in [9.17, 15) is 26.4 Å². The van der Waals surface area contributed by atoms with Crippen molar-refractivity contribution in [3.8, 4) is 0 Å². The average Bonchev–Trinajstić information content (AvgIpc) is 2.68. The van der Waals surface area contributed by atoms with Crippen molar-refractivity contribution in [2.75, 3.05) is 17.9 Å². The number of ether oxygens (including phenoxy) is 1. The van der Waals surface area contributed by atoms with E-state index < -0.39 is 21.8 Å². The van der Waals surface area contributed by atoms with Gasteiger partial charge in [0.25, 0.3) is 15.9 Å². The summed E-state index contributed by atoms with van der Waals surface area (Å²) in [6, 6.07) is 8.95. The van der Waals surface area contributed by atoms with Crippen molar-refractivity contribution in [1.82, 2.24) is 5.32 Å². The summed E-state index contributed by atoms with van der Waals surface area (Å²) in [6.07, 6.45) is -2.93. The minimum Gasteiger partial charge on any atom is -0.379 e. The van der Waals surface area contributed by atoms with Crippen molar-refractivity contribution in [2.45, 2.75) is 30.0 Å². The molecule has 1 amide bonds. The lowest BCUT2D eigenvalue weighted by molar-refractivity contribution is -0.137. The van der Waals surface area contributed by atoms with E-state index >= 15 is 0 Å². The largest absolute Gasteiger partial charge is 0.416 e. The van der Waals surface area contributed by atoms with Crippen molar-refractivity contribution >= 4 is 21.6 Å². The van der Waals surface area contributed by atoms with Gasteiger partial charge in [0.15, 0.2) is 0 Å². The number of rotatable bonds is 5. The zero-order chi connectivity index (χ0) is 21.1. The molecule has 0 aliphatic carbocycles. The molecule has 0 aromatic heterocycles. The second-order valence-electron chi connectivity index (χ2n) is 6.60. The van der Waals surface area contributed by atoms with Gasteiger partial charge in [-0.25, -0.2) is 8.42 Å². The molecule has 1 fully saturated rings. The van der Waals surface area contributed by atoms with Crippen LogP contribution < -0.4 is 10.0 Å². The van der Waals surface area contributed by atoms with Crippen molar-refractivity contribution in [3.63, 3.8) is 0 Å². The third-order valence-corrected chi connectivity index (χ3v) is 5.76. The highest BCUT2D eigenvalue weighted by atomic mass is 32.2. The fourth-order valence-electron chi connectivity index (χ4n) is 2.88. The molecule has 0 bridgehead atoms. The van der Waals surface area contributed by atoms with E-state index in [1.165, 1.54) is 30.3 Å². The Morgan fingerprint density at radius 3 is 2.45 bits per heavy atom. The SMILES string of the molecule is O=C(NC1CCCOC1)c1ccc(S(=O)(=O)Nc2cccc(C(F)(F)F)c2)cc1. The Morgan fingerprint density at radius 1 is 1.10 bits per heavy atom. The van der Waals surface area contributed by atoms with Crippen LogP contribution >= 0.6 is 0 Å². The predicted molar refractivity (Wildman–Crippen MR) is 100 cm³/mol. The molecule has 1 aliphatic heterocycles. The van der Waals surface area contributed by atoms with Crippen molar-refractivity contribution in [1.29, 1.82) is 0 Å². The highest BCUT2D eigenvalue weighted by Crippen LogP contribution is 2.31. The maximum atomic E-state index is 12.8. The quantitative estimate of drug-likeness (QED) is 0.765. The Morgan fingerprint density at radius 2 is 1.83 bits per heavy atom. The first kappa shape index (κ1) is 21.1. The summed E-state index contributed by atoms with van der Waals surface area (Å²) in [6.45, 7) is 1.09. The lowest BCUT2D eigenvalue weighted by Gasteiger charge is -2.23. The van der Waals surface area contributed by atoms with Crippen LogP contribution in [-0.2, 0) is 20.9 Å². The van der Waals surface area contributed by atoms with Gasteiger partial charge in [0.1, 0.15) is 0 Å². The van der Waals surface area contributed by atoms with E-state index in [4.69, 9.17) is 4.74 Å². The van der Waals surface area contributed by atoms with Gasteiger partial charge in [-0.05, 0) is 55.3 Å². The molecule has 2 N–H and O–H groups in total. The molecule has 156 valence electrons. The summed E-state index contributed by atoms with van der Waals surface area (Å²) in [5.41, 5.74) is -0.899. The Balaban J connectivity index is 1.70. The first-order valence-corrected chi connectivity index (χ1v) is 10.3. The first-order valence-electron chi connectivity index (χ1n) is 8.84. The van der Waals surface area contributed by atoms with E-state index in [0.29, 0.717) is 19.3 Å². The number of nitrogens with one attached hydrogen (secondary N) is 2. The molecule has 1 unspecified atom stereocenters. The van der Waals surface area contributed by atoms with E-state index in [1.807, 2.05) is 0 Å². The second kappa shape index (κ2) is 8.42. The van der Waals surface area contributed by atoms with Gasteiger partial charge in [0.05, 0.1) is 23.1 Å². The van der Waals surface area contributed by atoms with Gasteiger partial charge in [0, 0.05) is 17.9 Å². The summed E-state index contributed by atoms with van der Waals surface area (Å²) in [5.74, 6) is -0.352. The second-order valence-corrected chi connectivity index (χ2v) is 8.28. The van der Waals surface area contributed by atoms with Gasteiger partial charge in [-0.15, -0.1) is 0 Å². The maximum absolute atomic E-state index is 12.8. The number of hydrogen-bond acceptors (Lipinski definition) is 4. The number of sulfonamides is 1. The standard InChI is InChI=1S/C19H19F3N2O4S/c20-19(21,22)14-3-1-4-15(11-14)24-29(26,27)17-8-6-13(7-9-17)18(25)23-16-5-2-10-28-12-16/h1,3-4,6-9,11,16,24H,2,5,10,12H2,(H,23,25). The molecule has 10 heteroatoms. The molecule has 1 heterocycles. The number of amides is 1. The zero-order valence-corrected chi connectivity index (χ0v) is 16.0. The molecule has 1 saturated heterocycles. The van der Waals surface area contributed by atoms with E-state index in [1.54, 1.807) is 0 Å². The monoisotopic (exact) mass is 428 g/mol. The number of carbonyl (C=O) groups excluding carboxylic acids is 1. The third-order valence-electron chi connectivity index (χ3n) is 4.36. The Hall–Kier alpha value is -2.59. The van der Waals surface area contributed by atoms with E-state index in [2.05, 4.69) is 10.0 Å². The van der Waals surface area contributed by atoms with Crippen molar-refractivity contribution in [3.05, 3.63) is 59.7 Å². The van der Waals surface area contributed by atoms with Gasteiger partial charge >= 0.3 is 6.18 Å². The van der Waals surface area contributed by atoms with Gasteiger partial charge in [-0.1, -0.05) is 6.07 Å². The maximum Gasteiger partial charge on any atom is 0.416 e. The first-order chi connectivity index (χ1) is 13.6. The Labute approximate surface area is 166 Å². The molecular weight excluding hydrogens is 409 g/mol. The molecule has 0 saturated carbocycles. The molecule has 1 aliphatic rings. The molecule has 2 aromatic carbocycles. The highest BCUT2D eigenvalue weighted by Gasteiger charge is 2.30. The van der Waals surface area contributed by atoms with Gasteiger partial charge in [0.2, 0.25) is 0 Å². The number of carbonyl (C=O) groups is 1. The highest BCUT2D eigenvalue weighted by molar-refractivity contribution is 7.92. The van der Waals surface area contributed by atoms with Crippen LogP contribution in [0.1, 0.15) is 28.8 Å². The van der Waals surface area contributed by atoms with Gasteiger partial charge < -0.3 is 10.1 Å². The summed E-state index contributed by atoms with van der Waals surface area (Å²) in [7, 11) is -4.11. The van der Waals surface area contributed by atoms with E-state index in [-0.39, 0.29) is 28.1 Å². The molecule has 6 nitrogen and oxygen atoms in total. The molecule has 1 atom stereocenters. The van der Waals surface area contributed by atoms with Crippen molar-refractivity contribution in [2.24, 2.45) is 0 Å². The molecule has 3 rings (SSSR count). The van der Waals surface area contributed by atoms with Crippen LogP contribution in [0.3, 0.4) is 0 Å². The van der Waals surface area contributed by atoms with Gasteiger partial charge in [-0.2, -0.15) is 13.2 Å². The van der Waals surface area contributed by atoms with Crippen LogP contribution in [0.25, 0.3) is 0 Å². The number of alkyl halides is 3. The van der Waals surface area contributed by atoms with Crippen LogP contribution in [0.5, 0.6) is 0 Å². The van der Waals surface area contributed by atoms with E-state index in [0.717, 1.165) is 25.0 Å². The summed E-state index contributed by atoms with van der Waals surface area (Å²) in [5, 5.41) is 2.82. The fraction of sp³-hybridized carbons (Fsp3) is 0.316. The molecule has 0 radical (unpaired) electrons. The van der Waals surface area contributed by atoms with Gasteiger partial charge in [-0.3, -0.25) is 9.52 Å². The average molecular weight is 428 g/mol. The Bertz CT molecular complexity index is 970. The van der Waals surface area contributed by atoms with Crippen LogP contribution in [0.15, 0.2) is 53.4 Å². The lowest BCUT2D eigenvalue weighted by atomic mass is 10.1. The number of anilines is 1. The summed E-state index contributed by atoms with van der Waals surface area (Å²) in [4.78, 5) is 12.1. The molecule has 29 heavy (non-hydrogen) atoms. The topological polar surface area (TPSA) is 84.5 Å². The normalized spacial score (nSPS) is 17.6. The summed E-state index contributed by atoms with van der Waals surface area (Å²) < 4.78 is 70.7. The fourth-order valence-corrected chi connectivity index (χ4v) is 3.93. The smallest absolute Gasteiger partial charge is 0.379 e. The van der Waals surface area contributed by atoms with Crippen molar-refractivity contribution < 1.29 is 31.1 Å². The molecule has 2 aromatic rings. The van der Waals surface area contributed by atoms with Crippen LogP contribution in [0.4, 0.5) is 18.9 Å². The number of hydrogen-bond donors (Lipinski definition) is 2. The van der Waals surface area contributed by atoms with Crippen LogP contribution in [0, 0.1) is 0 Å². The molecule has 0 spiro atoms. The zero-order valence-electron chi connectivity index (χ0n) is 15.2. The summed E-state index contributed by atoms with van der Waals surface area (Å²) >= 11 is 0. The van der Waals surface area contributed by atoms with Crippen LogP contribution in [-0.4, -0.2) is 33.6 Å². The number of benzene rings is 2.